The van der Waals surface area contributed by atoms with E-state index in [-0.39, 0.29) is 0 Å². The van der Waals surface area contributed by atoms with Gasteiger partial charge in [-0.25, -0.2) is 0 Å². The van der Waals surface area contributed by atoms with Crippen molar-refractivity contribution < 1.29 is 5.11 Å². The molecular formula is C16H36N4O. The number of nitrogens with one attached hydrogen (secondary N) is 1. The lowest BCUT2D eigenvalue weighted by atomic mass is 10.1. The van der Waals surface area contributed by atoms with Gasteiger partial charge in [-0.15, -0.1) is 0 Å². The lowest BCUT2D eigenvalue weighted by Crippen LogP contribution is -2.19. The molecule has 0 saturated carbocycles. The zero-order chi connectivity index (χ0) is 16.6. The maximum atomic E-state index is 9.48. The molecule has 5 nitrogen and oxygen atoms in total. The SMILES string of the molecule is CCCCCC(C)(O)N=NC.CCCCCC(C)=NNC. The minimum atomic E-state index is -0.941. The number of hydrogen-bond acceptors (Lipinski definition) is 5. The average Bonchev–Trinajstić information content (AvgIpc) is 2.40. The van der Waals surface area contributed by atoms with Crippen LogP contribution in [0.25, 0.3) is 0 Å². The summed E-state index contributed by atoms with van der Waals surface area (Å²) in [7, 11) is 3.41. The van der Waals surface area contributed by atoms with E-state index in [4.69, 9.17) is 0 Å². The minimum absolute atomic E-state index is 0.707. The molecule has 0 aliphatic heterocycles. The van der Waals surface area contributed by atoms with E-state index in [1.165, 1.54) is 31.4 Å². The molecule has 0 aromatic rings. The Bertz CT molecular complexity index is 275. The van der Waals surface area contributed by atoms with Gasteiger partial charge < -0.3 is 10.5 Å². The van der Waals surface area contributed by atoms with Gasteiger partial charge in [0.2, 0.25) is 0 Å². The van der Waals surface area contributed by atoms with Gasteiger partial charge in [-0.2, -0.15) is 15.3 Å². The molecule has 1 unspecified atom stereocenters. The third-order valence-electron chi connectivity index (χ3n) is 3.01. The number of rotatable bonds is 10. The quantitative estimate of drug-likeness (QED) is 0.269. The highest BCUT2D eigenvalue weighted by Gasteiger charge is 2.17. The van der Waals surface area contributed by atoms with Gasteiger partial charge in [-0.1, -0.05) is 39.5 Å². The fourth-order valence-electron chi connectivity index (χ4n) is 1.85. The molecule has 21 heavy (non-hydrogen) atoms. The summed E-state index contributed by atoms with van der Waals surface area (Å²) >= 11 is 0. The van der Waals surface area contributed by atoms with Gasteiger partial charge in [0.15, 0.2) is 5.72 Å². The molecule has 0 spiro atoms. The molecule has 0 aliphatic carbocycles. The Morgan fingerprint density at radius 3 is 2.14 bits per heavy atom. The van der Waals surface area contributed by atoms with Crippen LogP contribution in [0.4, 0.5) is 0 Å². The molecule has 5 heteroatoms. The first-order chi connectivity index (χ1) is 9.93. The van der Waals surface area contributed by atoms with Gasteiger partial charge in [0.1, 0.15) is 0 Å². The van der Waals surface area contributed by atoms with Crippen molar-refractivity contribution in [2.75, 3.05) is 14.1 Å². The fourth-order valence-corrected chi connectivity index (χ4v) is 1.85. The van der Waals surface area contributed by atoms with Gasteiger partial charge >= 0.3 is 0 Å². The van der Waals surface area contributed by atoms with Crippen LogP contribution in [-0.4, -0.2) is 30.6 Å². The highest BCUT2D eigenvalue weighted by atomic mass is 16.3. The summed E-state index contributed by atoms with van der Waals surface area (Å²) in [6.45, 7) is 8.10. The molecule has 0 aromatic carbocycles. The van der Waals surface area contributed by atoms with Crippen LogP contribution in [0.5, 0.6) is 0 Å². The molecule has 0 fully saturated rings. The number of unbranched alkanes of at least 4 members (excludes halogenated alkanes) is 4. The van der Waals surface area contributed by atoms with Gasteiger partial charge in [-0.3, -0.25) is 0 Å². The molecule has 0 heterocycles. The van der Waals surface area contributed by atoms with Crippen LogP contribution in [0.1, 0.15) is 79.1 Å². The smallest absolute Gasteiger partial charge is 0.173 e. The lowest BCUT2D eigenvalue weighted by Gasteiger charge is -2.15. The Balaban J connectivity index is 0. The predicted octanol–water partition coefficient (Wildman–Crippen LogP) is 4.52. The van der Waals surface area contributed by atoms with Crippen LogP contribution in [0, 0.1) is 0 Å². The van der Waals surface area contributed by atoms with Gasteiger partial charge in [0.05, 0.1) is 0 Å². The Morgan fingerprint density at radius 2 is 1.67 bits per heavy atom. The second-order valence-electron chi connectivity index (χ2n) is 5.50. The summed E-state index contributed by atoms with van der Waals surface area (Å²) in [5.74, 6) is 0. The summed E-state index contributed by atoms with van der Waals surface area (Å²) in [4.78, 5) is 0. The maximum absolute atomic E-state index is 9.48. The second-order valence-corrected chi connectivity index (χ2v) is 5.50. The molecular weight excluding hydrogens is 264 g/mol. The van der Waals surface area contributed by atoms with E-state index >= 15 is 0 Å². The van der Waals surface area contributed by atoms with Crippen molar-refractivity contribution in [2.24, 2.45) is 15.3 Å². The van der Waals surface area contributed by atoms with E-state index in [1.54, 1.807) is 14.0 Å². The van der Waals surface area contributed by atoms with E-state index in [0.717, 1.165) is 19.3 Å². The molecule has 126 valence electrons. The van der Waals surface area contributed by atoms with Crippen LogP contribution >= 0.6 is 0 Å². The topological polar surface area (TPSA) is 69.3 Å². The summed E-state index contributed by atoms with van der Waals surface area (Å²) in [6, 6.07) is 0. The van der Waals surface area contributed by atoms with E-state index in [9.17, 15) is 5.11 Å². The molecule has 2 N–H and O–H groups in total. The maximum Gasteiger partial charge on any atom is 0.173 e. The highest BCUT2D eigenvalue weighted by molar-refractivity contribution is 5.81. The van der Waals surface area contributed by atoms with Crippen LogP contribution in [0.3, 0.4) is 0 Å². The Morgan fingerprint density at radius 1 is 1.10 bits per heavy atom. The predicted molar refractivity (Wildman–Crippen MR) is 91.9 cm³/mol. The molecule has 0 saturated heterocycles. The van der Waals surface area contributed by atoms with E-state index in [1.807, 2.05) is 7.05 Å². The molecule has 0 amide bonds. The Kier molecular flexibility index (Phi) is 16.4. The van der Waals surface area contributed by atoms with E-state index in [2.05, 4.69) is 41.5 Å². The molecule has 0 aromatic heterocycles. The lowest BCUT2D eigenvalue weighted by molar-refractivity contribution is 0.0500. The van der Waals surface area contributed by atoms with Crippen molar-refractivity contribution in [3.63, 3.8) is 0 Å². The van der Waals surface area contributed by atoms with Crippen LogP contribution in [0.2, 0.25) is 0 Å². The van der Waals surface area contributed by atoms with Gasteiger partial charge in [0.25, 0.3) is 0 Å². The highest BCUT2D eigenvalue weighted by Crippen LogP contribution is 2.15. The molecule has 0 aliphatic rings. The van der Waals surface area contributed by atoms with Crippen molar-refractivity contribution >= 4 is 5.71 Å². The largest absolute Gasteiger partial charge is 0.368 e. The number of nitrogens with zero attached hydrogens (tertiary/aromatic N) is 3. The molecule has 0 radical (unpaired) electrons. The minimum Gasteiger partial charge on any atom is -0.368 e. The third-order valence-corrected chi connectivity index (χ3v) is 3.01. The Hall–Kier alpha value is -0.970. The number of hydrazone groups is 1. The summed E-state index contributed by atoms with van der Waals surface area (Å²) < 4.78 is 0. The van der Waals surface area contributed by atoms with Gasteiger partial charge in [0, 0.05) is 19.8 Å². The first kappa shape index (κ1) is 22.3. The van der Waals surface area contributed by atoms with Gasteiger partial charge in [-0.05, 0) is 39.5 Å². The summed E-state index contributed by atoms with van der Waals surface area (Å²) in [6.07, 6.45) is 9.04. The zero-order valence-corrected chi connectivity index (χ0v) is 14.9. The molecule has 0 rings (SSSR count). The normalized spacial score (nSPS) is 14.5. The summed E-state index contributed by atoms with van der Waals surface area (Å²) in [5, 5.41) is 20.8. The molecule has 1 atom stereocenters. The van der Waals surface area contributed by atoms with Crippen LogP contribution in [0.15, 0.2) is 15.3 Å². The first-order valence-corrected chi connectivity index (χ1v) is 8.16. The monoisotopic (exact) mass is 300 g/mol. The zero-order valence-electron chi connectivity index (χ0n) is 14.9. The van der Waals surface area contributed by atoms with Crippen molar-refractivity contribution in [3.05, 3.63) is 0 Å². The summed E-state index contributed by atoms with van der Waals surface area (Å²) in [5.41, 5.74) is 3.05. The van der Waals surface area contributed by atoms with E-state index in [0.29, 0.717) is 6.42 Å². The number of hydrogen-bond donors (Lipinski definition) is 2. The molecule has 0 bridgehead atoms. The number of azo groups is 1. The standard InChI is InChI=1S/C8H18N2O.C8H18N2/c1-4-5-6-7-8(2,11)10-9-3;1-4-5-6-7-8(2)10-9-3/h11H,4-7H2,1-3H3;9H,4-7H2,1-3H3. The Labute approximate surface area is 131 Å². The van der Waals surface area contributed by atoms with Crippen molar-refractivity contribution in [2.45, 2.75) is 84.8 Å². The average molecular weight is 300 g/mol. The van der Waals surface area contributed by atoms with Crippen molar-refractivity contribution in [1.29, 1.82) is 0 Å². The van der Waals surface area contributed by atoms with Crippen molar-refractivity contribution in [1.82, 2.24) is 5.43 Å². The van der Waals surface area contributed by atoms with Crippen LogP contribution in [-0.2, 0) is 0 Å². The van der Waals surface area contributed by atoms with Crippen LogP contribution < -0.4 is 5.43 Å². The van der Waals surface area contributed by atoms with Crippen molar-refractivity contribution in [3.8, 4) is 0 Å². The fraction of sp³-hybridized carbons (Fsp3) is 0.938. The third kappa shape index (κ3) is 19.0. The number of aliphatic hydroxyl groups is 1. The first-order valence-electron chi connectivity index (χ1n) is 8.16. The van der Waals surface area contributed by atoms with E-state index < -0.39 is 5.72 Å². The second kappa shape index (κ2) is 15.4.